The molecule has 2 aliphatic heterocycles. The number of fused-ring (bicyclic) bond motifs is 3. The van der Waals surface area contributed by atoms with Crippen LogP contribution in [0.4, 0.5) is 17.1 Å². The molecule has 2 aromatic carbocycles. The maximum absolute atomic E-state index is 13.5. The van der Waals surface area contributed by atoms with Gasteiger partial charge < -0.3 is 10.2 Å². The third kappa shape index (κ3) is 4.35. The number of sulfonamides is 1. The van der Waals surface area contributed by atoms with Gasteiger partial charge in [-0.15, -0.1) is 0 Å². The lowest BCUT2D eigenvalue weighted by atomic mass is 9.96. The Labute approximate surface area is 195 Å². The molecule has 33 heavy (non-hydrogen) atoms. The molecular formula is C24H30N4O4S. The number of rotatable bonds is 5. The number of carbonyl (C=O) groups is 2. The summed E-state index contributed by atoms with van der Waals surface area (Å²) in [5.41, 5.74) is 3.89. The van der Waals surface area contributed by atoms with Crippen LogP contribution in [0.15, 0.2) is 41.3 Å². The van der Waals surface area contributed by atoms with Crippen LogP contribution in [0, 0.1) is 13.8 Å². The number of carbonyl (C=O) groups excluding carboxylic acids is 2. The van der Waals surface area contributed by atoms with Gasteiger partial charge in [-0.3, -0.25) is 14.5 Å². The minimum atomic E-state index is -3.69. The van der Waals surface area contributed by atoms with Crippen molar-refractivity contribution in [2.75, 3.05) is 42.3 Å². The predicted octanol–water partition coefficient (Wildman–Crippen LogP) is 2.90. The summed E-state index contributed by atoms with van der Waals surface area (Å²) in [6.07, 6.45) is 2.62. The van der Waals surface area contributed by atoms with Crippen LogP contribution in [0.1, 0.15) is 30.4 Å². The SMILES string of the molecule is Cc1ccc(C)c(NC(=O)CN2C(=O)[C@H]3CCCCN3c3ccc(S(=O)(=O)N(C)C)cc32)c1. The van der Waals surface area contributed by atoms with E-state index in [1.54, 1.807) is 12.1 Å². The van der Waals surface area contributed by atoms with Gasteiger partial charge in [0.2, 0.25) is 21.8 Å². The molecule has 1 saturated heterocycles. The fraction of sp³-hybridized carbons (Fsp3) is 0.417. The van der Waals surface area contributed by atoms with Gasteiger partial charge in [-0.05, 0) is 68.5 Å². The highest BCUT2D eigenvalue weighted by Gasteiger charge is 2.40. The second kappa shape index (κ2) is 8.79. The van der Waals surface area contributed by atoms with Gasteiger partial charge in [-0.2, -0.15) is 0 Å². The highest BCUT2D eigenvalue weighted by atomic mass is 32.2. The molecule has 0 aliphatic carbocycles. The number of anilines is 3. The topological polar surface area (TPSA) is 90.0 Å². The molecule has 2 heterocycles. The molecule has 1 atom stereocenters. The summed E-state index contributed by atoms with van der Waals surface area (Å²) >= 11 is 0. The smallest absolute Gasteiger partial charge is 0.250 e. The maximum Gasteiger partial charge on any atom is 0.250 e. The number of hydrogen-bond acceptors (Lipinski definition) is 5. The van der Waals surface area contributed by atoms with Gasteiger partial charge in [-0.25, -0.2) is 12.7 Å². The van der Waals surface area contributed by atoms with Crippen LogP contribution in [0.5, 0.6) is 0 Å². The Morgan fingerprint density at radius 3 is 2.58 bits per heavy atom. The van der Waals surface area contributed by atoms with E-state index in [0.717, 1.165) is 40.5 Å². The van der Waals surface area contributed by atoms with Crippen molar-refractivity contribution in [2.45, 2.75) is 44.0 Å². The molecule has 2 aromatic rings. The number of hydrogen-bond donors (Lipinski definition) is 1. The normalized spacial score (nSPS) is 18.2. The number of nitrogens with zero attached hydrogens (tertiary/aromatic N) is 3. The minimum absolute atomic E-state index is 0.0921. The molecule has 2 amide bonds. The molecule has 1 N–H and O–H groups in total. The maximum atomic E-state index is 13.5. The average Bonchev–Trinajstić information content (AvgIpc) is 2.78. The summed E-state index contributed by atoms with van der Waals surface area (Å²) < 4.78 is 26.6. The molecule has 2 aliphatic rings. The fourth-order valence-electron chi connectivity index (χ4n) is 4.48. The molecular weight excluding hydrogens is 440 g/mol. The Kier molecular flexibility index (Phi) is 6.20. The lowest BCUT2D eigenvalue weighted by molar-refractivity contribution is -0.123. The standard InChI is InChI=1S/C24H30N4O4S/c1-16-8-9-17(2)19(13-16)25-23(29)15-28-22-14-18(33(31,32)26(3)4)10-11-20(22)27-12-6-5-7-21(27)24(28)30/h8-11,13-14,21H,5-7,12,15H2,1-4H3,(H,25,29)/t21-/m1/s1. The molecule has 0 saturated carbocycles. The third-order valence-corrected chi connectivity index (χ3v) is 8.16. The summed E-state index contributed by atoms with van der Waals surface area (Å²) in [7, 11) is -0.755. The van der Waals surface area contributed by atoms with E-state index in [1.165, 1.54) is 25.1 Å². The number of aryl methyl sites for hydroxylation is 2. The van der Waals surface area contributed by atoms with E-state index in [0.29, 0.717) is 17.8 Å². The molecule has 0 spiro atoms. The third-order valence-electron chi connectivity index (χ3n) is 6.35. The molecule has 0 radical (unpaired) electrons. The van der Waals surface area contributed by atoms with Crippen molar-refractivity contribution in [1.29, 1.82) is 0 Å². The predicted molar refractivity (Wildman–Crippen MR) is 129 cm³/mol. The van der Waals surface area contributed by atoms with E-state index in [-0.39, 0.29) is 29.3 Å². The van der Waals surface area contributed by atoms with Crippen LogP contribution < -0.4 is 15.1 Å². The first kappa shape index (κ1) is 23.3. The van der Waals surface area contributed by atoms with Gasteiger partial charge in [0.25, 0.3) is 0 Å². The zero-order valence-electron chi connectivity index (χ0n) is 19.5. The van der Waals surface area contributed by atoms with E-state index in [1.807, 2.05) is 36.9 Å². The van der Waals surface area contributed by atoms with Gasteiger partial charge >= 0.3 is 0 Å². The average molecular weight is 471 g/mol. The van der Waals surface area contributed by atoms with Crippen LogP contribution in [-0.2, 0) is 19.6 Å². The largest absolute Gasteiger partial charge is 0.358 e. The Hall–Kier alpha value is -2.91. The van der Waals surface area contributed by atoms with Crippen molar-refractivity contribution in [2.24, 2.45) is 0 Å². The molecule has 1 fully saturated rings. The van der Waals surface area contributed by atoms with Crippen LogP contribution in [0.3, 0.4) is 0 Å². The second-order valence-electron chi connectivity index (χ2n) is 8.93. The van der Waals surface area contributed by atoms with Crippen LogP contribution in [0.2, 0.25) is 0 Å². The summed E-state index contributed by atoms with van der Waals surface area (Å²) in [4.78, 5) is 30.1. The van der Waals surface area contributed by atoms with Crippen molar-refractivity contribution in [3.05, 3.63) is 47.5 Å². The van der Waals surface area contributed by atoms with Gasteiger partial charge in [-0.1, -0.05) is 12.1 Å². The number of benzene rings is 2. The minimum Gasteiger partial charge on any atom is -0.358 e. The number of piperidine rings is 1. The van der Waals surface area contributed by atoms with Gasteiger partial charge in [0.1, 0.15) is 12.6 Å². The van der Waals surface area contributed by atoms with Crippen LogP contribution in [-0.4, -0.2) is 57.8 Å². The van der Waals surface area contributed by atoms with E-state index < -0.39 is 10.0 Å². The lowest BCUT2D eigenvalue weighted by Gasteiger charge is -2.45. The quantitative estimate of drug-likeness (QED) is 0.726. The van der Waals surface area contributed by atoms with E-state index in [2.05, 4.69) is 5.32 Å². The van der Waals surface area contributed by atoms with E-state index >= 15 is 0 Å². The lowest BCUT2D eigenvalue weighted by Crippen LogP contribution is -2.56. The second-order valence-corrected chi connectivity index (χ2v) is 11.1. The molecule has 0 unspecified atom stereocenters. The summed E-state index contributed by atoms with van der Waals surface area (Å²) in [6.45, 7) is 4.40. The van der Waals surface area contributed by atoms with E-state index in [4.69, 9.17) is 0 Å². The van der Waals surface area contributed by atoms with Gasteiger partial charge in [0.15, 0.2) is 0 Å². The number of nitrogens with one attached hydrogen (secondary N) is 1. The van der Waals surface area contributed by atoms with E-state index in [9.17, 15) is 18.0 Å². The molecule has 4 rings (SSSR count). The van der Waals surface area contributed by atoms with Gasteiger partial charge in [0, 0.05) is 26.3 Å². The molecule has 0 bridgehead atoms. The van der Waals surface area contributed by atoms with Crippen molar-refractivity contribution in [3.63, 3.8) is 0 Å². The zero-order chi connectivity index (χ0) is 23.9. The van der Waals surface area contributed by atoms with Gasteiger partial charge in [0.05, 0.1) is 16.3 Å². The van der Waals surface area contributed by atoms with Crippen LogP contribution in [0.25, 0.3) is 0 Å². The summed E-state index contributed by atoms with van der Waals surface area (Å²) in [6, 6.07) is 10.3. The summed E-state index contributed by atoms with van der Waals surface area (Å²) in [5.74, 6) is -0.495. The monoisotopic (exact) mass is 470 g/mol. The first-order valence-electron chi connectivity index (χ1n) is 11.1. The molecule has 8 nitrogen and oxygen atoms in total. The first-order chi connectivity index (χ1) is 15.6. The Bertz CT molecular complexity index is 1210. The van der Waals surface area contributed by atoms with Crippen molar-refractivity contribution >= 4 is 38.9 Å². The summed E-state index contributed by atoms with van der Waals surface area (Å²) in [5, 5.41) is 2.91. The Morgan fingerprint density at radius 1 is 1.09 bits per heavy atom. The highest BCUT2D eigenvalue weighted by Crippen LogP contribution is 2.40. The zero-order valence-corrected chi connectivity index (χ0v) is 20.3. The molecule has 176 valence electrons. The fourth-order valence-corrected chi connectivity index (χ4v) is 5.40. The van der Waals surface area contributed by atoms with Crippen molar-refractivity contribution in [3.8, 4) is 0 Å². The first-order valence-corrected chi connectivity index (χ1v) is 12.6. The Morgan fingerprint density at radius 2 is 1.85 bits per heavy atom. The molecule has 9 heteroatoms. The van der Waals surface area contributed by atoms with Crippen molar-refractivity contribution < 1.29 is 18.0 Å². The van der Waals surface area contributed by atoms with Crippen LogP contribution >= 0.6 is 0 Å². The Balaban J connectivity index is 1.71. The van der Waals surface area contributed by atoms with Crippen molar-refractivity contribution in [1.82, 2.24) is 4.31 Å². The number of amides is 2. The highest BCUT2D eigenvalue weighted by molar-refractivity contribution is 7.89. The molecule has 0 aromatic heterocycles.